The van der Waals surface area contributed by atoms with Gasteiger partial charge in [-0.15, -0.1) is 0 Å². The third-order valence-corrected chi connectivity index (χ3v) is 6.60. The number of hydrogen-bond donors (Lipinski definition) is 2. The van der Waals surface area contributed by atoms with E-state index in [-0.39, 0.29) is 18.7 Å². The van der Waals surface area contributed by atoms with Crippen LogP contribution in [0.3, 0.4) is 0 Å². The lowest BCUT2D eigenvalue weighted by molar-refractivity contribution is -0.108. The molecule has 0 amide bonds. The summed E-state index contributed by atoms with van der Waals surface area (Å²) in [5.41, 5.74) is 3.62. The summed E-state index contributed by atoms with van der Waals surface area (Å²) in [5, 5.41) is 10.4. The van der Waals surface area contributed by atoms with Crippen LogP contribution >= 0.6 is 0 Å². The van der Waals surface area contributed by atoms with Gasteiger partial charge < -0.3 is 20.1 Å². The molecule has 6 rings (SSSR count). The molecule has 1 aliphatic rings. The standard InChI is InChI=1S/C28H27F2N7O2/c1-3-18-11-21-26(23(12-18)39-24-6-8-31-14-28(24,29)30)27(34-15-32-21)36-19-4-5-22(17(2)10-19)38-20-7-9-37-25(13-20)33-16-35-37/h4-5,7,9-13,15-16,24,31H,3,6,8,14H2,1-2H3,(H,32,34,36)/i24D. The van der Waals surface area contributed by atoms with Gasteiger partial charge in [-0.05, 0) is 67.4 Å². The van der Waals surface area contributed by atoms with Gasteiger partial charge in [-0.1, -0.05) is 6.92 Å². The Kier molecular flexibility index (Phi) is 6.12. The van der Waals surface area contributed by atoms with Crippen LogP contribution in [0.4, 0.5) is 20.3 Å². The van der Waals surface area contributed by atoms with Crippen molar-refractivity contribution in [3.8, 4) is 17.2 Å². The van der Waals surface area contributed by atoms with E-state index in [1.807, 2.05) is 38.1 Å². The van der Waals surface area contributed by atoms with E-state index in [1.54, 1.807) is 28.9 Å². The van der Waals surface area contributed by atoms with Crippen LogP contribution in [-0.2, 0) is 6.42 Å². The fraction of sp³-hybridized carbons (Fsp3) is 0.286. The minimum Gasteiger partial charge on any atom is -0.483 e. The lowest BCUT2D eigenvalue weighted by atomic mass is 10.0. The Labute approximate surface area is 224 Å². The first kappa shape index (κ1) is 23.7. The second-order valence-corrected chi connectivity index (χ2v) is 9.35. The van der Waals surface area contributed by atoms with Crippen molar-refractivity contribution in [3.63, 3.8) is 0 Å². The third kappa shape index (κ3) is 5.05. The number of hydrogen-bond acceptors (Lipinski definition) is 8. The molecule has 2 N–H and O–H groups in total. The predicted molar refractivity (Wildman–Crippen MR) is 143 cm³/mol. The molecule has 0 saturated carbocycles. The van der Waals surface area contributed by atoms with Gasteiger partial charge in [-0.25, -0.2) is 28.2 Å². The van der Waals surface area contributed by atoms with E-state index in [9.17, 15) is 8.78 Å². The number of halogens is 2. The first-order valence-electron chi connectivity index (χ1n) is 13.1. The fourth-order valence-electron chi connectivity index (χ4n) is 4.54. The molecule has 2 aromatic carbocycles. The fourth-order valence-corrected chi connectivity index (χ4v) is 4.54. The molecule has 1 fully saturated rings. The maximum absolute atomic E-state index is 14.8. The Morgan fingerprint density at radius 2 is 2.03 bits per heavy atom. The third-order valence-electron chi connectivity index (χ3n) is 6.60. The zero-order chi connectivity index (χ0) is 27.9. The average molecular weight is 533 g/mol. The number of pyridine rings is 1. The lowest BCUT2D eigenvalue weighted by Gasteiger charge is -2.32. The van der Waals surface area contributed by atoms with Gasteiger partial charge in [0.25, 0.3) is 5.92 Å². The lowest BCUT2D eigenvalue weighted by Crippen LogP contribution is -2.52. The van der Waals surface area contributed by atoms with E-state index in [0.29, 0.717) is 46.0 Å². The molecule has 11 heteroatoms. The minimum absolute atomic E-state index is 0.148. The van der Waals surface area contributed by atoms with E-state index >= 15 is 0 Å². The van der Waals surface area contributed by atoms with Gasteiger partial charge in [0.05, 0.1) is 18.8 Å². The van der Waals surface area contributed by atoms with E-state index in [1.165, 1.54) is 12.7 Å². The number of aryl methyl sites for hydroxylation is 2. The highest BCUT2D eigenvalue weighted by Crippen LogP contribution is 2.37. The van der Waals surface area contributed by atoms with Crippen LogP contribution in [0.2, 0.25) is 0 Å². The number of alkyl halides is 2. The summed E-state index contributed by atoms with van der Waals surface area (Å²) in [6.07, 6.45) is 2.71. The Bertz CT molecular complexity index is 1710. The summed E-state index contributed by atoms with van der Waals surface area (Å²) in [6.45, 7) is 3.51. The van der Waals surface area contributed by atoms with E-state index in [4.69, 9.17) is 10.8 Å². The van der Waals surface area contributed by atoms with Crippen LogP contribution < -0.4 is 20.1 Å². The average Bonchev–Trinajstić information content (AvgIpc) is 3.40. The zero-order valence-corrected chi connectivity index (χ0v) is 21.4. The maximum atomic E-state index is 14.8. The Morgan fingerprint density at radius 1 is 1.13 bits per heavy atom. The highest BCUT2D eigenvalue weighted by molar-refractivity contribution is 5.96. The molecule has 9 nitrogen and oxygen atoms in total. The number of anilines is 2. The molecule has 0 aliphatic carbocycles. The molecule has 1 atom stereocenters. The molecule has 0 spiro atoms. The van der Waals surface area contributed by atoms with Crippen LogP contribution in [0.1, 0.15) is 25.8 Å². The van der Waals surface area contributed by atoms with Gasteiger partial charge in [-0.3, -0.25) is 0 Å². The van der Waals surface area contributed by atoms with Crippen LogP contribution in [0.25, 0.3) is 16.6 Å². The van der Waals surface area contributed by atoms with Crippen molar-refractivity contribution in [3.05, 3.63) is 72.4 Å². The Balaban J connectivity index is 1.32. The summed E-state index contributed by atoms with van der Waals surface area (Å²) >= 11 is 0. The van der Waals surface area contributed by atoms with E-state index in [0.717, 1.165) is 11.1 Å². The number of fused-ring (bicyclic) bond motifs is 2. The first-order valence-corrected chi connectivity index (χ1v) is 12.6. The van der Waals surface area contributed by atoms with Gasteiger partial charge in [0.15, 0.2) is 11.7 Å². The van der Waals surface area contributed by atoms with Crippen molar-refractivity contribution in [1.29, 1.82) is 0 Å². The second-order valence-electron chi connectivity index (χ2n) is 9.35. The summed E-state index contributed by atoms with van der Waals surface area (Å²) in [5.74, 6) is -1.57. The van der Waals surface area contributed by atoms with Gasteiger partial charge in [0.2, 0.25) is 0 Å². The number of nitrogens with one attached hydrogen (secondary N) is 2. The molecule has 1 unspecified atom stereocenters. The monoisotopic (exact) mass is 532 g/mol. The van der Waals surface area contributed by atoms with Crippen LogP contribution in [0.15, 0.2) is 61.3 Å². The van der Waals surface area contributed by atoms with Crippen molar-refractivity contribution < 1.29 is 19.6 Å². The summed E-state index contributed by atoms with van der Waals surface area (Å²) < 4.78 is 51.8. The smallest absolute Gasteiger partial charge is 0.296 e. The molecule has 5 aromatic rings. The largest absolute Gasteiger partial charge is 0.483 e. The van der Waals surface area contributed by atoms with Crippen molar-refractivity contribution in [2.75, 3.05) is 18.4 Å². The Morgan fingerprint density at radius 3 is 2.85 bits per heavy atom. The predicted octanol–water partition coefficient (Wildman–Crippen LogP) is 5.46. The normalized spacial score (nSPS) is 19.1. The van der Waals surface area contributed by atoms with Crippen molar-refractivity contribution in [1.82, 2.24) is 29.9 Å². The molecular weight excluding hydrogens is 504 g/mol. The van der Waals surface area contributed by atoms with Crippen LogP contribution in [-0.4, -0.2) is 49.7 Å². The van der Waals surface area contributed by atoms with Crippen LogP contribution in [0, 0.1) is 6.92 Å². The van der Waals surface area contributed by atoms with E-state index < -0.39 is 18.5 Å². The highest BCUT2D eigenvalue weighted by atomic mass is 19.3. The maximum Gasteiger partial charge on any atom is 0.296 e. The molecule has 200 valence electrons. The van der Waals surface area contributed by atoms with Crippen molar-refractivity contribution >= 4 is 28.1 Å². The summed E-state index contributed by atoms with van der Waals surface area (Å²) in [6, 6.07) is 12.7. The molecule has 0 bridgehead atoms. The quantitative estimate of drug-likeness (QED) is 0.285. The SMILES string of the molecule is [2H]C1(Oc2cc(CC)cc3ncnc(Nc4ccc(Oc5ccn6ncnc6c5)c(C)c4)c23)CCNCC1(F)F. The first-order chi connectivity index (χ1) is 19.2. The van der Waals surface area contributed by atoms with Gasteiger partial charge in [0, 0.05) is 24.4 Å². The molecule has 4 heterocycles. The van der Waals surface area contributed by atoms with Gasteiger partial charge in [-0.2, -0.15) is 5.10 Å². The van der Waals surface area contributed by atoms with Gasteiger partial charge in [0.1, 0.15) is 35.7 Å². The van der Waals surface area contributed by atoms with Crippen molar-refractivity contribution in [2.24, 2.45) is 0 Å². The number of benzene rings is 2. The highest BCUT2D eigenvalue weighted by Gasteiger charge is 2.43. The topological polar surface area (TPSA) is 98.5 Å². The number of aromatic nitrogens is 5. The number of rotatable bonds is 7. The molecule has 1 saturated heterocycles. The second kappa shape index (κ2) is 10.1. The molecular formula is C28H27F2N7O2. The Hall–Kier alpha value is -4.38. The number of nitrogens with zero attached hydrogens (tertiary/aromatic N) is 5. The minimum atomic E-state index is -3.38. The summed E-state index contributed by atoms with van der Waals surface area (Å²) in [4.78, 5) is 13.0. The number of piperidine rings is 1. The van der Waals surface area contributed by atoms with Crippen LogP contribution in [0.5, 0.6) is 17.2 Å². The zero-order valence-electron chi connectivity index (χ0n) is 22.4. The molecule has 0 radical (unpaired) electrons. The molecule has 39 heavy (non-hydrogen) atoms. The molecule has 1 aliphatic heterocycles. The number of ether oxygens (including phenoxy) is 2. The molecule has 3 aromatic heterocycles. The van der Waals surface area contributed by atoms with Crippen molar-refractivity contribution in [2.45, 2.75) is 38.7 Å². The van der Waals surface area contributed by atoms with E-state index in [2.05, 4.69) is 30.7 Å². The summed E-state index contributed by atoms with van der Waals surface area (Å²) in [7, 11) is 0. The van der Waals surface area contributed by atoms with Gasteiger partial charge >= 0.3 is 0 Å².